The summed E-state index contributed by atoms with van der Waals surface area (Å²) in [7, 11) is 1.12. The number of fused-ring (bicyclic) bond motifs is 5. The fourth-order valence-electron chi connectivity index (χ4n) is 5.82. The number of aromatic hydroxyl groups is 3. The Labute approximate surface area is 205 Å². The molecule has 0 fully saturated rings. The fourth-order valence-corrected chi connectivity index (χ4v) is 5.82. The lowest BCUT2D eigenvalue weighted by Gasteiger charge is -2.22. The molecular formula is C26H15NO10. The van der Waals surface area contributed by atoms with Crippen molar-refractivity contribution in [3.8, 4) is 17.2 Å². The smallest absolute Gasteiger partial charge is 0.260 e. The van der Waals surface area contributed by atoms with Crippen molar-refractivity contribution in [2.24, 2.45) is 0 Å². The molecular weight excluding hydrogens is 486 g/mol. The standard InChI is InChI=1S/C26H15NO10/c1-37-12-6-11(29)14-15(19(12)30)21(32)17-16(20(14)31)23(34)26(24(17)35)3-2-8-4-9-5-10(7-28)27-25(36)13(9)22(33)18(8)26/h4-7,31-33H,2-3H2,1H3,(H,27,36)/t26-/m0/s1. The van der Waals surface area contributed by atoms with E-state index in [1.165, 1.54) is 12.1 Å². The number of hydrogen-bond acceptors (Lipinski definition) is 10. The molecule has 3 aliphatic carbocycles. The molecule has 37 heavy (non-hydrogen) atoms. The SMILES string of the molecule is COC1=CC(=O)c2c(O)c3c(c(O)c2C1=O)C(=O)[C@]1(CCc2cc4cc(C=O)[nH]c(=O)c4c(O)c21)C3=O. The predicted octanol–water partition coefficient (Wildman–Crippen LogP) is 1.63. The van der Waals surface area contributed by atoms with Crippen LogP contribution in [0.1, 0.15) is 69.5 Å². The number of aldehydes is 1. The number of phenolic OH excluding ortho intramolecular Hbond substituents is 3. The molecule has 11 nitrogen and oxygen atoms in total. The molecule has 1 spiro atoms. The first-order valence-electron chi connectivity index (χ1n) is 11.0. The monoisotopic (exact) mass is 501 g/mol. The predicted molar refractivity (Wildman–Crippen MR) is 124 cm³/mol. The lowest BCUT2D eigenvalue weighted by atomic mass is 9.76. The Bertz CT molecular complexity index is 1810. The summed E-state index contributed by atoms with van der Waals surface area (Å²) in [6, 6.07) is 2.82. The van der Waals surface area contributed by atoms with Gasteiger partial charge in [-0.05, 0) is 29.9 Å². The van der Waals surface area contributed by atoms with Gasteiger partial charge in [0.2, 0.25) is 5.78 Å². The highest BCUT2D eigenvalue weighted by molar-refractivity contribution is 6.38. The van der Waals surface area contributed by atoms with Crippen LogP contribution < -0.4 is 5.56 Å². The number of allylic oxidation sites excluding steroid dienone is 2. The minimum absolute atomic E-state index is 0.0382. The number of aryl methyl sites for hydroxylation is 1. The van der Waals surface area contributed by atoms with Crippen LogP contribution in [-0.2, 0) is 16.6 Å². The Morgan fingerprint density at radius 1 is 0.919 bits per heavy atom. The fraction of sp³-hybridized carbons (Fsp3) is 0.154. The van der Waals surface area contributed by atoms with Crippen molar-refractivity contribution in [3.63, 3.8) is 0 Å². The number of ether oxygens (including phenoxy) is 1. The maximum absolute atomic E-state index is 13.9. The van der Waals surface area contributed by atoms with Gasteiger partial charge in [-0.2, -0.15) is 0 Å². The van der Waals surface area contributed by atoms with E-state index in [2.05, 4.69) is 4.98 Å². The van der Waals surface area contributed by atoms with E-state index in [9.17, 15) is 44.1 Å². The maximum Gasteiger partial charge on any atom is 0.260 e. The molecule has 4 N–H and O–H groups in total. The Balaban J connectivity index is 1.66. The third-order valence-corrected chi connectivity index (χ3v) is 7.39. The average Bonchev–Trinajstić information content (AvgIpc) is 3.35. The molecule has 0 amide bonds. The van der Waals surface area contributed by atoms with Gasteiger partial charge in [0.15, 0.2) is 29.4 Å². The molecule has 0 aliphatic heterocycles. The molecule has 1 aromatic heterocycles. The van der Waals surface area contributed by atoms with E-state index in [1.54, 1.807) is 0 Å². The lowest BCUT2D eigenvalue weighted by molar-refractivity contribution is 0.0790. The quantitative estimate of drug-likeness (QED) is 0.228. The van der Waals surface area contributed by atoms with E-state index >= 15 is 0 Å². The number of carbonyl (C=O) groups is 5. The second-order valence-corrected chi connectivity index (χ2v) is 9.06. The first-order valence-corrected chi connectivity index (χ1v) is 11.0. The minimum atomic E-state index is -2.12. The van der Waals surface area contributed by atoms with Gasteiger partial charge in [-0.25, -0.2) is 0 Å². The van der Waals surface area contributed by atoms with Crippen molar-refractivity contribution in [3.05, 3.63) is 73.4 Å². The van der Waals surface area contributed by atoms with Crippen molar-refractivity contribution < 1.29 is 44.0 Å². The molecule has 184 valence electrons. The van der Waals surface area contributed by atoms with Gasteiger partial charge in [0.05, 0.1) is 40.4 Å². The van der Waals surface area contributed by atoms with E-state index in [-0.39, 0.29) is 34.9 Å². The summed E-state index contributed by atoms with van der Waals surface area (Å²) in [5, 5.41) is 33.1. The van der Waals surface area contributed by atoms with Gasteiger partial charge in [-0.3, -0.25) is 28.8 Å². The van der Waals surface area contributed by atoms with Gasteiger partial charge in [0, 0.05) is 11.6 Å². The highest BCUT2D eigenvalue weighted by atomic mass is 16.5. The summed E-state index contributed by atoms with van der Waals surface area (Å²) in [5.74, 6) is -6.84. The molecule has 0 unspecified atom stereocenters. The number of H-pyrrole nitrogens is 1. The number of benzene rings is 2. The number of nitrogens with one attached hydrogen (secondary N) is 1. The van der Waals surface area contributed by atoms with E-state index < -0.39 is 79.4 Å². The number of phenols is 3. The minimum Gasteiger partial charge on any atom is -0.507 e. The van der Waals surface area contributed by atoms with Gasteiger partial charge >= 0.3 is 0 Å². The van der Waals surface area contributed by atoms with Gasteiger partial charge in [-0.15, -0.1) is 0 Å². The number of carbonyl (C=O) groups excluding carboxylic acids is 5. The first-order chi connectivity index (χ1) is 17.6. The number of hydrogen-bond donors (Lipinski definition) is 4. The Morgan fingerprint density at radius 3 is 2.19 bits per heavy atom. The largest absolute Gasteiger partial charge is 0.507 e. The van der Waals surface area contributed by atoms with Crippen molar-refractivity contribution >= 4 is 40.2 Å². The van der Waals surface area contributed by atoms with Crippen LogP contribution in [0, 0.1) is 0 Å². The Hall–Kier alpha value is -5.06. The highest BCUT2D eigenvalue weighted by Gasteiger charge is 2.61. The second-order valence-electron chi connectivity index (χ2n) is 9.06. The number of Topliss-reactive ketones (excluding diaryl/α,β-unsaturated/α-hetero) is 3. The van der Waals surface area contributed by atoms with E-state index in [0.717, 1.165) is 13.2 Å². The normalized spacial score (nSPS) is 19.8. The average molecular weight is 501 g/mol. The number of pyridine rings is 1. The van der Waals surface area contributed by atoms with Crippen molar-refractivity contribution in [2.45, 2.75) is 18.3 Å². The molecule has 0 radical (unpaired) electrons. The molecule has 0 bridgehead atoms. The molecule has 2 aromatic carbocycles. The Morgan fingerprint density at radius 2 is 1.57 bits per heavy atom. The lowest BCUT2D eigenvalue weighted by Crippen LogP contribution is -2.36. The third-order valence-electron chi connectivity index (χ3n) is 7.39. The summed E-state index contributed by atoms with van der Waals surface area (Å²) >= 11 is 0. The van der Waals surface area contributed by atoms with Crippen molar-refractivity contribution in [1.82, 2.24) is 4.98 Å². The zero-order valence-electron chi connectivity index (χ0n) is 18.9. The van der Waals surface area contributed by atoms with Crippen LogP contribution >= 0.6 is 0 Å². The molecule has 0 saturated heterocycles. The molecule has 6 rings (SSSR count). The summed E-state index contributed by atoms with van der Waals surface area (Å²) in [6.07, 6.45) is 1.15. The molecule has 11 heteroatoms. The number of rotatable bonds is 2. The third kappa shape index (κ3) is 2.45. The van der Waals surface area contributed by atoms with E-state index in [4.69, 9.17) is 4.74 Å². The maximum atomic E-state index is 13.9. The molecule has 1 heterocycles. The summed E-state index contributed by atoms with van der Waals surface area (Å²) in [4.78, 5) is 79.4. The molecule has 0 saturated carbocycles. The number of aromatic nitrogens is 1. The summed E-state index contributed by atoms with van der Waals surface area (Å²) in [6.45, 7) is 0. The van der Waals surface area contributed by atoms with Crippen LogP contribution in [0.3, 0.4) is 0 Å². The van der Waals surface area contributed by atoms with Gasteiger partial charge in [-0.1, -0.05) is 6.07 Å². The zero-order chi connectivity index (χ0) is 26.5. The number of ketones is 4. The van der Waals surface area contributed by atoms with Crippen LogP contribution in [-0.4, -0.2) is 56.8 Å². The van der Waals surface area contributed by atoms with E-state index in [0.29, 0.717) is 11.8 Å². The van der Waals surface area contributed by atoms with Crippen molar-refractivity contribution in [1.29, 1.82) is 0 Å². The van der Waals surface area contributed by atoms with E-state index in [1.807, 2.05) is 0 Å². The van der Waals surface area contributed by atoms with Gasteiger partial charge < -0.3 is 25.0 Å². The van der Waals surface area contributed by atoms with Crippen LogP contribution in [0.15, 0.2) is 28.8 Å². The van der Waals surface area contributed by atoms with Crippen LogP contribution in [0.5, 0.6) is 17.2 Å². The molecule has 1 atom stereocenters. The van der Waals surface area contributed by atoms with Crippen molar-refractivity contribution in [2.75, 3.05) is 7.11 Å². The van der Waals surface area contributed by atoms with Crippen LogP contribution in [0.25, 0.3) is 10.8 Å². The summed E-state index contributed by atoms with van der Waals surface area (Å²) < 4.78 is 4.88. The van der Waals surface area contributed by atoms with Gasteiger partial charge in [0.25, 0.3) is 5.56 Å². The molecule has 3 aromatic rings. The van der Waals surface area contributed by atoms with Crippen LogP contribution in [0.4, 0.5) is 0 Å². The van der Waals surface area contributed by atoms with Gasteiger partial charge in [0.1, 0.15) is 22.7 Å². The Kier molecular flexibility index (Phi) is 4.24. The number of methoxy groups -OCH3 is 1. The first kappa shape index (κ1) is 22.4. The van der Waals surface area contributed by atoms with Crippen LogP contribution in [0.2, 0.25) is 0 Å². The molecule has 3 aliphatic rings. The summed E-state index contributed by atoms with van der Waals surface area (Å²) in [5.41, 5.74) is -5.41. The number of aromatic amines is 1. The topological polar surface area (TPSA) is 188 Å². The highest BCUT2D eigenvalue weighted by Crippen LogP contribution is 2.57. The second kappa shape index (κ2) is 7.00. The zero-order valence-corrected chi connectivity index (χ0v) is 18.9.